The molecule has 0 bridgehead atoms. The molecule has 0 amide bonds. The molecule has 1 aliphatic rings. The molecule has 1 aliphatic heterocycles. The van der Waals surface area contributed by atoms with Gasteiger partial charge in [0.25, 0.3) is 0 Å². The zero-order valence-corrected chi connectivity index (χ0v) is 20.4. The van der Waals surface area contributed by atoms with Gasteiger partial charge in [0.05, 0.1) is 6.04 Å². The van der Waals surface area contributed by atoms with Gasteiger partial charge in [0.2, 0.25) is 0 Å². The maximum absolute atomic E-state index is 6.07. The molecule has 1 heterocycles. The van der Waals surface area contributed by atoms with Crippen molar-refractivity contribution in [3.05, 3.63) is 59.2 Å². The van der Waals surface area contributed by atoms with E-state index < -0.39 is 0 Å². The molecule has 0 aromatic heterocycles. The fourth-order valence-corrected chi connectivity index (χ4v) is 4.38. The van der Waals surface area contributed by atoms with Gasteiger partial charge in [0.1, 0.15) is 24.7 Å². The second-order valence-electron chi connectivity index (χ2n) is 8.32. The Kier molecular flexibility index (Phi) is 9.85. The van der Waals surface area contributed by atoms with Crippen molar-refractivity contribution in [3.63, 3.8) is 0 Å². The third kappa shape index (κ3) is 6.71. The van der Waals surface area contributed by atoms with Crippen LogP contribution in [0.25, 0.3) is 0 Å². The summed E-state index contributed by atoms with van der Waals surface area (Å²) in [6.07, 6.45) is 1.03. The summed E-state index contributed by atoms with van der Waals surface area (Å²) in [4.78, 5) is 4.76. The van der Waals surface area contributed by atoms with Crippen molar-refractivity contribution in [2.75, 3.05) is 59.0 Å². The fourth-order valence-electron chi connectivity index (χ4n) is 4.38. The highest BCUT2D eigenvalue weighted by molar-refractivity contribution is 5.45. The quantitative estimate of drug-likeness (QED) is 0.502. The van der Waals surface area contributed by atoms with E-state index in [9.17, 15) is 0 Å². The van der Waals surface area contributed by atoms with Gasteiger partial charge in [0.15, 0.2) is 0 Å². The van der Waals surface area contributed by atoms with Crippen LogP contribution in [0.1, 0.15) is 50.4 Å². The number of hydrogen-bond acceptors (Lipinski definition) is 5. The third-order valence-electron chi connectivity index (χ3n) is 6.50. The summed E-state index contributed by atoms with van der Waals surface area (Å²) in [5, 5.41) is 3.69. The summed E-state index contributed by atoms with van der Waals surface area (Å²) in [6, 6.07) is 15.3. The van der Waals surface area contributed by atoms with Gasteiger partial charge < -0.3 is 24.6 Å². The number of nitrogens with zero attached hydrogens (tertiary/aromatic N) is 2. The van der Waals surface area contributed by atoms with Crippen LogP contribution in [-0.2, 0) is 6.42 Å². The molecule has 5 nitrogen and oxygen atoms in total. The van der Waals surface area contributed by atoms with E-state index in [0.29, 0.717) is 6.61 Å². The maximum Gasteiger partial charge on any atom is 0.119 e. The fraction of sp³-hybridized carbons (Fsp3) is 0.556. The first-order valence-corrected chi connectivity index (χ1v) is 12.3. The van der Waals surface area contributed by atoms with E-state index in [1.165, 1.54) is 16.7 Å². The van der Waals surface area contributed by atoms with Gasteiger partial charge >= 0.3 is 0 Å². The zero-order valence-electron chi connectivity index (χ0n) is 20.4. The molecule has 2 aromatic rings. The summed E-state index contributed by atoms with van der Waals surface area (Å²) in [7, 11) is 0. The van der Waals surface area contributed by atoms with Gasteiger partial charge in [-0.25, -0.2) is 0 Å². The Morgan fingerprint density at radius 1 is 0.812 bits per heavy atom. The first-order valence-electron chi connectivity index (χ1n) is 12.3. The normalized spacial score (nSPS) is 15.8. The Bertz CT molecular complexity index is 818. The average Bonchev–Trinajstić information content (AvgIpc) is 2.84. The highest BCUT2D eigenvalue weighted by Gasteiger charge is 2.22. The zero-order chi connectivity index (χ0) is 22.8. The number of benzene rings is 2. The first kappa shape index (κ1) is 24.6. The third-order valence-corrected chi connectivity index (χ3v) is 6.50. The van der Waals surface area contributed by atoms with Crippen molar-refractivity contribution >= 4 is 0 Å². The second kappa shape index (κ2) is 12.8. The molecule has 0 aliphatic carbocycles. The summed E-state index contributed by atoms with van der Waals surface area (Å²) in [6.45, 7) is 17.4. The van der Waals surface area contributed by atoms with E-state index in [2.05, 4.69) is 85.3 Å². The summed E-state index contributed by atoms with van der Waals surface area (Å²) < 4.78 is 12.1. The lowest BCUT2D eigenvalue weighted by Crippen LogP contribution is -2.31. The predicted molar refractivity (Wildman–Crippen MR) is 133 cm³/mol. The van der Waals surface area contributed by atoms with Gasteiger partial charge in [-0.2, -0.15) is 0 Å². The van der Waals surface area contributed by atoms with Crippen LogP contribution in [0, 0.1) is 0 Å². The minimum absolute atomic E-state index is 0.190. The van der Waals surface area contributed by atoms with E-state index >= 15 is 0 Å². The van der Waals surface area contributed by atoms with Crippen molar-refractivity contribution in [1.29, 1.82) is 0 Å². The standard InChI is InChI=1S/C27H41N3O2/c1-5-29(6-2)16-18-31-24-11-9-10-23(21-24)27-26-13-12-25(20-22(26)14-15-28-27)32-19-17-30(7-3)8-4/h9-13,20-21,27-28H,5-8,14-19H2,1-4H3. The van der Waals surface area contributed by atoms with Gasteiger partial charge in [0, 0.05) is 19.6 Å². The summed E-state index contributed by atoms with van der Waals surface area (Å²) >= 11 is 0. The predicted octanol–water partition coefficient (Wildman–Crippen LogP) is 4.36. The Balaban J connectivity index is 1.64. The van der Waals surface area contributed by atoms with Crippen molar-refractivity contribution in [2.45, 2.75) is 40.2 Å². The number of rotatable bonds is 13. The maximum atomic E-state index is 6.07. The molecule has 0 fully saturated rings. The largest absolute Gasteiger partial charge is 0.492 e. The number of nitrogens with one attached hydrogen (secondary N) is 1. The summed E-state index contributed by atoms with van der Waals surface area (Å²) in [5.74, 6) is 1.92. The van der Waals surface area contributed by atoms with Crippen molar-refractivity contribution in [2.24, 2.45) is 0 Å². The average molecular weight is 440 g/mol. The van der Waals surface area contributed by atoms with E-state index in [1.807, 2.05) is 0 Å². The van der Waals surface area contributed by atoms with Crippen LogP contribution in [0.3, 0.4) is 0 Å². The molecule has 32 heavy (non-hydrogen) atoms. The van der Waals surface area contributed by atoms with Gasteiger partial charge in [-0.15, -0.1) is 0 Å². The van der Waals surface area contributed by atoms with Crippen LogP contribution in [0.2, 0.25) is 0 Å². The molecule has 0 spiro atoms. The Hall–Kier alpha value is -2.08. The van der Waals surface area contributed by atoms with Crippen LogP contribution in [0.15, 0.2) is 42.5 Å². The topological polar surface area (TPSA) is 37.0 Å². The SMILES string of the molecule is CCN(CC)CCOc1cccc(C2NCCc3cc(OCCN(CC)CC)ccc32)c1. The number of likely N-dealkylation sites (N-methyl/N-ethyl adjacent to an activating group) is 2. The summed E-state index contributed by atoms with van der Waals surface area (Å²) in [5.41, 5.74) is 3.97. The molecule has 176 valence electrons. The molecule has 2 aromatic carbocycles. The number of fused-ring (bicyclic) bond motifs is 1. The van der Waals surface area contributed by atoms with Crippen LogP contribution in [0.4, 0.5) is 0 Å². The minimum Gasteiger partial charge on any atom is -0.492 e. The molecule has 5 heteroatoms. The molecule has 0 radical (unpaired) electrons. The van der Waals surface area contributed by atoms with Crippen molar-refractivity contribution < 1.29 is 9.47 Å². The van der Waals surface area contributed by atoms with Crippen LogP contribution >= 0.6 is 0 Å². The van der Waals surface area contributed by atoms with Gasteiger partial charge in [-0.3, -0.25) is 0 Å². The molecule has 0 saturated carbocycles. The van der Waals surface area contributed by atoms with Gasteiger partial charge in [-0.05, 0) is 73.6 Å². The lowest BCUT2D eigenvalue weighted by atomic mass is 9.89. The lowest BCUT2D eigenvalue weighted by Gasteiger charge is -2.28. The highest BCUT2D eigenvalue weighted by Crippen LogP contribution is 2.32. The Morgan fingerprint density at radius 2 is 1.44 bits per heavy atom. The number of ether oxygens (including phenoxy) is 2. The second-order valence-corrected chi connectivity index (χ2v) is 8.32. The smallest absolute Gasteiger partial charge is 0.119 e. The molecule has 3 rings (SSSR count). The first-order chi connectivity index (χ1) is 15.7. The molecule has 1 atom stereocenters. The van der Waals surface area contributed by atoms with E-state index in [4.69, 9.17) is 9.47 Å². The number of hydrogen-bond donors (Lipinski definition) is 1. The minimum atomic E-state index is 0.190. The molecular formula is C27H41N3O2. The van der Waals surface area contributed by atoms with E-state index in [0.717, 1.165) is 70.3 Å². The van der Waals surface area contributed by atoms with Crippen LogP contribution in [-0.4, -0.2) is 68.8 Å². The Morgan fingerprint density at radius 3 is 2.06 bits per heavy atom. The van der Waals surface area contributed by atoms with Crippen molar-refractivity contribution in [1.82, 2.24) is 15.1 Å². The van der Waals surface area contributed by atoms with Crippen LogP contribution in [0.5, 0.6) is 11.5 Å². The van der Waals surface area contributed by atoms with Crippen molar-refractivity contribution in [3.8, 4) is 11.5 Å². The Labute approximate surface area is 194 Å². The molecule has 0 saturated heterocycles. The van der Waals surface area contributed by atoms with E-state index in [1.54, 1.807) is 0 Å². The highest BCUT2D eigenvalue weighted by atomic mass is 16.5. The van der Waals surface area contributed by atoms with Gasteiger partial charge in [-0.1, -0.05) is 45.9 Å². The molecular weight excluding hydrogens is 398 g/mol. The van der Waals surface area contributed by atoms with Crippen LogP contribution < -0.4 is 14.8 Å². The lowest BCUT2D eigenvalue weighted by molar-refractivity contribution is 0.222. The monoisotopic (exact) mass is 439 g/mol. The molecule has 1 N–H and O–H groups in total. The van der Waals surface area contributed by atoms with E-state index in [-0.39, 0.29) is 6.04 Å². The molecule has 1 unspecified atom stereocenters.